The van der Waals surface area contributed by atoms with Crippen LogP contribution >= 0.6 is 27.3 Å². The Hall–Kier alpha value is -1.13. The molecule has 2 nitrogen and oxygen atoms in total. The van der Waals surface area contributed by atoms with Crippen molar-refractivity contribution in [2.24, 2.45) is 0 Å². The van der Waals surface area contributed by atoms with Gasteiger partial charge in [0.05, 0.1) is 12.7 Å². The highest BCUT2D eigenvalue weighted by molar-refractivity contribution is 9.10. The lowest BCUT2D eigenvalue weighted by molar-refractivity contribution is 0.0991. The van der Waals surface area contributed by atoms with Crippen LogP contribution in [0.5, 0.6) is 5.75 Å². The predicted molar refractivity (Wildman–Crippen MR) is 77.8 cm³/mol. The molecule has 0 fully saturated rings. The minimum atomic E-state index is 0.0879. The van der Waals surface area contributed by atoms with Gasteiger partial charge in [-0.05, 0) is 41.1 Å². The molecule has 0 aliphatic heterocycles. The molecule has 1 aromatic heterocycles. The van der Waals surface area contributed by atoms with Gasteiger partial charge in [-0.2, -0.15) is 0 Å². The largest absolute Gasteiger partial charge is 0.496 e. The highest BCUT2D eigenvalue weighted by Gasteiger charge is 2.14. The van der Waals surface area contributed by atoms with Crippen molar-refractivity contribution in [2.45, 2.75) is 13.3 Å². The van der Waals surface area contributed by atoms with Crippen LogP contribution in [-0.4, -0.2) is 12.9 Å². The van der Waals surface area contributed by atoms with Gasteiger partial charge in [0.25, 0.3) is 0 Å². The first kappa shape index (κ1) is 13.3. The van der Waals surface area contributed by atoms with Crippen LogP contribution in [0.3, 0.4) is 0 Å². The molecular formula is C14H13BrO2S. The number of methoxy groups -OCH3 is 1. The van der Waals surface area contributed by atoms with E-state index in [2.05, 4.69) is 15.9 Å². The molecule has 2 rings (SSSR count). The zero-order valence-electron chi connectivity index (χ0n) is 10.2. The van der Waals surface area contributed by atoms with Gasteiger partial charge >= 0.3 is 0 Å². The van der Waals surface area contributed by atoms with Crippen molar-refractivity contribution in [3.8, 4) is 5.75 Å². The number of carbonyl (C=O) groups excluding carboxylic acids is 1. The summed E-state index contributed by atoms with van der Waals surface area (Å²) in [5.41, 5.74) is 1.72. The maximum absolute atomic E-state index is 12.3. The van der Waals surface area contributed by atoms with E-state index in [0.717, 1.165) is 14.9 Å². The van der Waals surface area contributed by atoms with Gasteiger partial charge in [-0.3, -0.25) is 4.79 Å². The second-order valence-electron chi connectivity index (χ2n) is 4.03. The summed E-state index contributed by atoms with van der Waals surface area (Å²) in [6, 6.07) is 7.64. The van der Waals surface area contributed by atoms with E-state index in [9.17, 15) is 4.79 Å². The summed E-state index contributed by atoms with van der Waals surface area (Å²) >= 11 is 4.97. The Balaban J connectivity index is 2.25. The molecule has 0 atom stereocenters. The van der Waals surface area contributed by atoms with E-state index in [1.54, 1.807) is 18.4 Å². The fraction of sp³-hybridized carbons (Fsp3) is 0.214. The molecular weight excluding hydrogens is 312 g/mol. The Labute approximate surface area is 119 Å². The van der Waals surface area contributed by atoms with Crippen molar-refractivity contribution in [1.29, 1.82) is 0 Å². The molecule has 0 amide bonds. The average Bonchev–Trinajstić information content (AvgIpc) is 2.74. The van der Waals surface area contributed by atoms with Crippen molar-refractivity contribution in [3.05, 3.63) is 50.1 Å². The summed E-state index contributed by atoms with van der Waals surface area (Å²) in [4.78, 5) is 13.3. The molecule has 0 saturated carbocycles. The number of Topliss-reactive ketones (excluding diaryl/α,β-unsaturated/α-hetero) is 1. The minimum absolute atomic E-state index is 0.0879. The van der Waals surface area contributed by atoms with Crippen molar-refractivity contribution >= 4 is 33.0 Å². The van der Waals surface area contributed by atoms with E-state index in [0.29, 0.717) is 17.7 Å². The third-order valence-corrected chi connectivity index (χ3v) is 4.31. The molecule has 0 N–H and O–H groups in total. The molecule has 0 saturated heterocycles. The molecule has 0 aliphatic rings. The first-order chi connectivity index (χ1) is 8.60. The number of rotatable bonds is 4. The number of ether oxygens (including phenoxy) is 1. The molecule has 94 valence electrons. The van der Waals surface area contributed by atoms with Crippen LogP contribution in [0.4, 0.5) is 0 Å². The first-order valence-corrected chi connectivity index (χ1v) is 7.18. The molecule has 0 unspecified atom stereocenters. The van der Waals surface area contributed by atoms with E-state index in [1.165, 1.54) is 0 Å². The number of carbonyl (C=O) groups is 1. The smallest absolute Gasteiger partial charge is 0.171 e. The number of benzene rings is 1. The summed E-state index contributed by atoms with van der Waals surface area (Å²) in [7, 11) is 1.59. The SMILES string of the molecule is COc1ccc(C)cc1C(=O)Cc1cc(Br)cs1. The maximum Gasteiger partial charge on any atom is 0.171 e. The topological polar surface area (TPSA) is 26.3 Å². The van der Waals surface area contributed by atoms with Crippen molar-refractivity contribution in [2.75, 3.05) is 7.11 Å². The normalized spacial score (nSPS) is 10.4. The number of ketones is 1. The summed E-state index contributed by atoms with van der Waals surface area (Å²) < 4.78 is 6.26. The van der Waals surface area contributed by atoms with Gasteiger partial charge in [0.15, 0.2) is 5.78 Å². The number of hydrogen-bond donors (Lipinski definition) is 0. The predicted octanol–water partition coefficient (Wildman–Crippen LogP) is 4.25. The minimum Gasteiger partial charge on any atom is -0.496 e. The van der Waals surface area contributed by atoms with E-state index in [4.69, 9.17) is 4.74 Å². The van der Waals surface area contributed by atoms with Crippen LogP contribution in [0.15, 0.2) is 34.1 Å². The van der Waals surface area contributed by atoms with E-state index >= 15 is 0 Å². The second-order valence-corrected chi connectivity index (χ2v) is 5.95. The third-order valence-electron chi connectivity index (χ3n) is 2.61. The summed E-state index contributed by atoms with van der Waals surface area (Å²) in [6.07, 6.45) is 0.413. The van der Waals surface area contributed by atoms with Crippen molar-refractivity contribution in [1.82, 2.24) is 0 Å². The monoisotopic (exact) mass is 324 g/mol. The Morgan fingerprint density at radius 1 is 1.39 bits per heavy atom. The van der Waals surface area contributed by atoms with Gasteiger partial charge in [0.1, 0.15) is 5.75 Å². The van der Waals surface area contributed by atoms with Crippen molar-refractivity contribution in [3.63, 3.8) is 0 Å². The third kappa shape index (κ3) is 3.00. The highest BCUT2D eigenvalue weighted by Crippen LogP contribution is 2.25. The lowest BCUT2D eigenvalue weighted by Crippen LogP contribution is -2.05. The zero-order valence-corrected chi connectivity index (χ0v) is 12.6. The highest BCUT2D eigenvalue weighted by atomic mass is 79.9. The van der Waals surface area contributed by atoms with E-state index in [-0.39, 0.29) is 5.78 Å². The lowest BCUT2D eigenvalue weighted by Gasteiger charge is -2.07. The first-order valence-electron chi connectivity index (χ1n) is 5.51. The van der Waals surface area contributed by atoms with Crippen LogP contribution in [0, 0.1) is 6.92 Å². The fourth-order valence-electron chi connectivity index (χ4n) is 1.74. The van der Waals surface area contributed by atoms with Gasteiger partial charge in [0.2, 0.25) is 0 Å². The van der Waals surface area contributed by atoms with E-state index < -0.39 is 0 Å². The molecule has 2 aromatic rings. The lowest BCUT2D eigenvalue weighted by atomic mass is 10.0. The van der Waals surface area contributed by atoms with Gasteiger partial charge in [-0.15, -0.1) is 11.3 Å². The Morgan fingerprint density at radius 3 is 2.78 bits per heavy atom. The molecule has 18 heavy (non-hydrogen) atoms. The van der Waals surface area contributed by atoms with Gasteiger partial charge < -0.3 is 4.74 Å². The quantitative estimate of drug-likeness (QED) is 0.786. The Morgan fingerprint density at radius 2 is 2.17 bits per heavy atom. The average molecular weight is 325 g/mol. The summed E-state index contributed by atoms with van der Waals surface area (Å²) in [6.45, 7) is 1.97. The van der Waals surface area contributed by atoms with Gasteiger partial charge in [-0.1, -0.05) is 11.6 Å². The maximum atomic E-state index is 12.3. The standard InChI is InChI=1S/C14H13BrO2S/c1-9-3-4-14(17-2)12(5-9)13(16)7-11-6-10(15)8-18-11/h3-6,8H,7H2,1-2H3. The molecule has 1 aromatic carbocycles. The number of hydrogen-bond acceptors (Lipinski definition) is 3. The molecule has 0 radical (unpaired) electrons. The van der Waals surface area contributed by atoms with Crippen LogP contribution < -0.4 is 4.74 Å². The van der Waals surface area contributed by atoms with Crippen molar-refractivity contribution < 1.29 is 9.53 Å². The van der Waals surface area contributed by atoms with Gasteiger partial charge in [-0.25, -0.2) is 0 Å². The number of halogens is 1. The summed E-state index contributed by atoms with van der Waals surface area (Å²) in [5.74, 6) is 0.728. The van der Waals surface area contributed by atoms with Gasteiger partial charge in [0, 0.05) is 21.2 Å². The Bertz CT molecular complexity index is 575. The van der Waals surface area contributed by atoms with Crippen LogP contribution in [0.2, 0.25) is 0 Å². The van der Waals surface area contributed by atoms with Crippen LogP contribution in [0.1, 0.15) is 20.8 Å². The molecule has 1 heterocycles. The molecule has 0 bridgehead atoms. The van der Waals surface area contributed by atoms with Crippen LogP contribution in [-0.2, 0) is 6.42 Å². The summed E-state index contributed by atoms with van der Waals surface area (Å²) in [5, 5.41) is 1.98. The fourth-order valence-corrected chi connectivity index (χ4v) is 3.19. The second kappa shape index (κ2) is 5.67. The van der Waals surface area contributed by atoms with E-state index in [1.807, 2.05) is 36.6 Å². The van der Waals surface area contributed by atoms with Crippen LogP contribution in [0.25, 0.3) is 0 Å². The number of thiophene rings is 1. The Kier molecular flexibility index (Phi) is 4.19. The molecule has 0 spiro atoms. The number of aryl methyl sites for hydroxylation is 1. The zero-order chi connectivity index (χ0) is 13.1. The molecule has 4 heteroatoms. The molecule has 0 aliphatic carbocycles.